The molecule has 0 radical (unpaired) electrons. The van der Waals surface area contributed by atoms with Crippen LogP contribution in [0.2, 0.25) is 5.02 Å². The number of benzene rings is 2. The Labute approximate surface area is 142 Å². The van der Waals surface area contributed by atoms with E-state index in [1.54, 1.807) is 19.1 Å². The number of rotatable bonds is 4. The van der Waals surface area contributed by atoms with Crippen molar-refractivity contribution in [2.45, 2.75) is 18.4 Å². The Bertz CT molecular complexity index is 791. The number of sulfonamides is 1. The Morgan fingerprint density at radius 2 is 1.95 bits per heavy atom. The van der Waals surface area contributed by atoms with Crippen molar-refractivity contribution in [2.24, 2.45) is 0 Å². The number of hydrogen-bond acceptors (Lipinski definition) is 2. The second-order valence-corrected chi connectivity index (χ2v) is 8.18. The van der Waals surface area contributed by atoms with Crippen LogP contribution in [0.5, 0.6) is 0 Å². The molecule has 0 saturated heterocycles. The Morgan fingerprint density at radius 1 is 1.27 bits per heavy atom. The molecule has 118 valence electrons. The lowest BCUT2D eigenvalue weighted by molar-refractivity contribution is 0.456. The van der Waals surface area contributed by atoms with Gasteiger partial charge in [0.1, 0.15) is 5.82 Å². The van der Waals surface area contributed by atoms with Gasteiger partial charge in [0, 0.05) is 28.7 Å². The first kappa shape index (κ1) is 17.4. The molecule has 0 saturated carbocycles. The topological polar surface area (TPSA) is 37.4 Å². The van der Waals surface area contributed by atoms with Gasteiger partial charge in [0.05, 0.1) is 4.90 Å². The second-order valence-electron chi connectivity index (χ2n) is 4.87. The van der Waals surface area contributed by atoms with Crippen molar-refractivity contribution in [3.8, 4) is 0 Å². The standard InChI is InChI=1S/C15H14BrClFNO2S/c1-10-8-11(6-7-13(10)16)22(20,21)19(2)9-12-14(17)4-3-5-15(12)18/h3-8H,9H2,1-2H3. The van der Waals surface area contributed by atoms with Crippen LogP contribution < -0.4 is 0 Å². The van der Waals surface area contributed by atoms with Gasteiger partial charge in [-0.25, -0.2) is 12.8 Å². The van der Waals surface area contributed by atoms with Crippen LogP contribution in [-0.2, 0) is 16.6 Å². The first-order valence-corrected chi connectivity index (χ1v) is 9.00. The summed E-state index contributed by atoms with van der Waals surface area (Å²) in [5.41, 5.74) is 0.961. The molecule has 2 aromatic carbocycles. The monoisotopic (exact) mass is 405 g/mol. The first-order valence-electron chi connectivity index (χ1n) is 6.39. The fraction of sp³-hybridized carbons (Fsp3) is 0.200. The molecule has 22 heavy (non-hydrogen) atoms. The highest BCUT2D eigenvalue weighted by Gasteiger charge is 2.23. The molecule has 2 aromatic rings. The van der Waals surface area contributed by atoms with Crippen LogP contribution in [0.4, 0.5) is 4.39 Å². The summed E-state index contributed by atoms with van der Waals surface area (Å²) in [7, 11) is -2.32. The first-order chi connectivity index (χ1) is 10.2. The Kier molecular flexibility index (Phi) is 5.27. The Morgan fingerprint density at radius 3 is 2.55 bits per heavy atom. The lowest BCUT2D eigenvalue weighted by Crippen LogP contribution is -2.27. The minimum atomic E-state index is -3.72. The molecule has 0 fully saturated rings. The molecule has 0 spiro atoms. The van der Waals surface area contributed by atoms with E-state index in [1.807, 2.05) is 0 Å². The number of nitrogens with zero attached hydrogens (tertiary/aromatic N) is 1. The molecule has 0 aliphatic heterocycles. The molecular formula is C15H14BrClFNO2S. The summed E-state index contributed by atoms with van der Waals surface area (Å²) in [6, 6.07) is 9.01. The van der Waals surface area contributed by atoms with Crippen LogP contribution in [0, 0.1) is 12.7 Å². The lowest BCUT2D eigenvalue weighted by Gasteiger charge is -2.19. The smallest absolute Gasteiger partial charge is 0.207 e. The Balaban J connectivity index is 2.35. The van der Waals surface area contributed by atoms with Gasteiger partial charge >= 0.3 is 0 Å². The average Bonchev–Trinajstić information content (AvgIpc) is 2.45. The van der Waals surface area contributed by atoms with Gasteiger partial charge in [-0.2, -0.15) is 4.31 Å². The van der Waals surface area contributed by atoms with Crippen LogP contribution in [0.15, 0.2) is 45.8 Å². The zero-order valence-electron chi connectivity index (χ0n) is 12.0. The van der Waals surface area contributed by atoms with Crippen LogP contribution in [0.3, 0.4) is 0 Å². The van der Waals surface area contributed by atoms with Gasteiger partial charge < -0.3 is 0 Å². The van der Waals surface area contributed by atoms with E-state index >= 15 is 0 Å². The third kappa shape index (κ3) is 3.51. The molecule has 3 nitrogen and oxygen atoms in total. The number of halogens is 3. The van der Waals surface area contributed by atoms with Crippen LogP contribution in [-0.4, -0.2) is 19.8 Å². The normalized spacial score (nSPS) is 11.9. The van der Waals surface area contributed by atoms with E-state index in [2.05, 4.69) is 15.9 Å². The van der Waals surface area contributed by atoms with Crippen molar-refractivity contribution in [3.05, 3.63) is 62.8 Å². The highest BCUT2D eigenvalue weighted by atomic mass is 79.9. The zero-order valence-corrected chi connectivity index (χ0v) is 15.1. The van der Waals surface area contributed by atoms with E-state index in [0.717, 1.165) is 14.3 Å². The highest BCUT2D eigenvalue weighted by molar-refractivity contribution is 9.10. The molecule has 0 aromatic heterocycles. The second kappa shape index (κ2) is 6.66. The van der Waals surface area contributed by atoms with Crippen molar-refractivity contribution < 1.29 is 12.8 Å². The highest BCUT2D eigenvalue weighted by Crippen LogP contribution is 2.25. The predicted molar refractivity (Wildman–Crippen MR) is 88.9 cm³/mol. The largest absolute Gasteiger partial charge is 0.243 e. The SMILES string of the molecule is Cc1cc(S(=O)(=O)N(C)Cc2c(F)cccc2Cl)ccc1Br. The lowest BCUT2D eigenvalue weighted by atomic mass is 10.2. The van der Waals surface area contributed by atoms with Gasteiger partial charge in [0.2, 0.25) is 10.0 Å². The van der Waals surface area contributed by atoms with Gasteiger partial charge in [0.25, 0.3) is 0 Å². The number of aryl methyl sites for hydroxylation is 1. The van der Waals surface area contributed by atoms with E-state index in [-0.39, 0.29) is 22.0 Å². The van der Waals surface area contributed by atoms with E-state index in [1.165, 1.54) is 31.3 Å². The van der Waals surface area contributed by atoms with E-state index in [4.69, 9.17) is 11.6 Å². The molecule has 2 rings (SSSR count). The van der Waals surface area contributed by atoms with Crippen LogP contribution >= 0.6 is 27.5 Å². The third-order valence-corrected chi connectivity index (χ3v) is 6.32. The molecule has 0 bridgehead atoms. The van der Waals surface area contributed by atoms with E-state index in [9.17, 15) is 12.8 Å². The molecule has 0 aliphatic carbocycles. The van der Waals surface area contributed by atoms with Crippen molar-refractivity contribution in [3.63, 3.8) is 0 Å². The quantitative estimate of drug-likeness (QED) is 0.756. The van der Waals surface area contributed by atoms with Crippen LogP contribution in [0.25, 0.3) is 0 Å². The maximum atomic E-state index is 13.8. The summed E-state index contributed by atoms with van der Waals surface area (Å²) in [6.07, 6.45) is 0. The third-order valence-electron chi connectivity index (χ3n) is 3.28. The minimum absolute atomic E-state index is 0.136. The molecule has 0 atom stereocenters. The summed E-state index contributed by atoms with van der Waals surface area (Å²) in [6.45, 7) is 1.67. The van der Waals surface area contributed by atoms with Crippen molar-refractivity contribution in [1.29, 1.82) is 0 Å². The molecule has 7 heteroatoms. The summed E-state index contributed by atoms with van der Waals surface area (Å²) in [5.74, 6) is -0.526. The minimum Gasteiger partial charge on any atom is -0.207 e. The van der Waals surface area contributed by atoms with Gasteiger partial charge in [-0.15, -0.1) is 0 Å². The molecule has 0 unspecified atom stereocenters. The molecular weight excluding hydrogens is 393 g/mol. The maximum absolute atomic E-state index is 13.8. The molecule has 0 N–H and O–H groups in total. The fourth-order valence-corrected chi connectivity index (χ4v) is 3.64. The summed E-state index contributed by atoms with van der Waals surface area (Å²) in [5, 5.41) is 0.203. The van der Waals surface area contributed by atoms with Gasteiger partial charge in [-0.1, -0.05) is 33.6 Å². The van der Waals surface area contributed by atoms with Crippen molar-refractivity contribution >= 4 is 37.6 Å². The summed E-state index contributed by atoms with van der Waals surface area (Å²) < 4.78 is 40.9. The summed E-state index contributed by atoms with van der Waals surface area (Å²) >= 11 is 9.28. The van der Waals surface area contributed by atoms with Crippen molar-refractivity contribution in [2.75, 3.05) is 7.05 Å². The molecule has 0 amide bonds. The average molecular weight is 407 g/mol. The maximum Gasteiger partial charge on any atom is 0.243 e. The number of hydrogen-bond donors (Lipinski definition) is 0. The van der Waals surface area contributed by atoms with Crippen molar-refractivity contribution in [1.82, 2.24) is 4.31 Å². The fourth-order valence-electron chi connectivity index (χ4n) is 1.95. The van der Waals surface area contributed by atoms with Crippen LogP contribution in [0.1, 0.15) is 11.1 Å². The van der Waals surface area contributed by atoms with E-state index in [0.29, 0.717) is 0 Å². The summed E-state index contributed by atoms with van der Waals surface area (Å²) in [4.78, 5) is 0.156. The zero-order chi connectivity index (χ0) is 16.5. The van der Waals surface area contributed by atoms with E-state index < -0.39 is 15.8 Å². The molecule has 0 aliphatic rings. The Hall–Kier alpha value is -0.950. The predicted octanol–water partition coefficient (Wildman–Crippen LogP) is 4.37. The molecule has 0 heterocycles. The van der Waals surface area contributed by atoms with Gasteiger partial charge in [-0.3, -0.25) is 0 Å². The van der Waals surface area contributed by atoms with Gasteiger partial charge in [0.15, 0.2) is 0 Å². The van der Waals surface area contributed by atoms with Gasteiger partial charge in [-0.05, 0) is 42.8 Å².